The monoisotopic (exact) mass is 461 g/mol. The SMILES string of the molecule is CC(=O)Nc1cc(NC(C)=O)cc(C(=O)OCC(=O)c2cc(C)n(-c3ccc(C)cc3)c2C)c1. The first-order valence-electron chi connectivity index (χ1n) is 10.7. The summed E-state index contributed by atoms with van der Waals surface area (Å²) in [6.45, 7) is 7.97. The zero-order chi connectivity index (χ0) is 25.0. The number of hydrogen-bond acceptors (Lipinski definition) is 5. The van der Waals surface area contributed by atoms with Crippen molar-refractivity contribution in [3.05, 3.63) is 76.6 Å². The van der Waals surface area contributed by atoms with E-state index in [1.165, 1.54) is 32.0 Å². The second-order valence-corrected chi connectivity index (χ2v) is 8.12. The minimum atomic E-state index is -0.750. The van der Waals surface area contributed by atoms with Gasteiger partial charge in [0.15, 0.2) is 6.61 Å². The third-order valence-electron chi connectivity index (χ3n) is 5.17. The summed E-state index contributed by atoms with van der Waals surface area (Å²) in [6, 6.07) is 14.1. The lowest BCUT2D eigenvalue weighted by molar-refractivity contribution is -0.115. The van der Waals surface area contributed by atoms with Crippen molar-refractivity contribution in [1.82, 2.24) is 4.57 Å². The highest BCUT2D eigenvalue weighted by atomic mass is 16.5. The maximum absolute atomic E-state index is 12.9. The number of carbonyl (C=O) groups excluding carboxylic acids is 4. The average Bonchev–Trinajstić information content (AvgIpc) is 3.05. The van der Waals surface area contributed by atoms with Crippen LogP contribution in [0.15, 0.2) is 48.5 Å². The molecule has 2 aromatic carbocycles. The first-order chi connectivity index (χ1) is 16.0. The molecule has 0 aliphatic carbocycles. The fourth-order valence-electron chi connectivity index (χ4n) is 3.72. The van der Waals surface area contributed by atoms with Crippen molar-refractivity contribution in [1.29, 1.82) is 0 Å². The predicted molar refractivity (Wildman–Crippen MR) is 130 cm³/mol. The number of rotatable bonds is 7. The number of benzene rings is 2. The van der Waals surface area contributed by atoms with Gasteiger partial charge in [-0.25, -0.2) is 4.79 Å². The van der Waals surface area contributed by atoms with Gasteiger partial charge in [0, 0.05) is 47.9 Å². The summed E-state index contributed by atoms with van der Waals surface area (Å²) < 4.78 is 7.24. The van der Waals surface area contributed by atoms with Crippen LogP contribution in [-0.2, 0) is 14.3 Å². The van der Waals surface area contributed by atoms with Gasteiger partial charge in [-0.05, 0) is 57.2 Å². The number of nitrogens with one attached hydrogen (secondary N) is 2. The molecular formula is C26H27N3O5. The van der Waals surface area contributed by atoms with Gasteiger partial charge in [-0.15, -0.1) is 0 Å². The number of nitrogens with zero attached hydrogens (tertiary/aromatic N) is 1. The van der Waals surface area contributed by atoms with Crippen LogP contribution in [0.25, 0.3) is 5.69 Å². The Kier molecular flexibility index (Phi) is 7.31. The number of anilines is 2. The number of carbonyl (C=O) groups is 4. The topological polar surface area (TPSA) is 107 Å². The highest BCUT2D eigenvalue weighted by Crippen LogP contribution is 2.23. The third kappa shape index (κ3) is 5.78. The first-order valence-corrected chi connectivity index (χ1v) is 10.7. The second-order valence-electron chi connectivity index (χ2n) is 8.12. The second kappa shape index (κ2) is 10.2. The minimum Gasteiger partial charge on any atom is -0.454 e. The molecule has 0 saturated heterocycles. The zero-order valence-electron chi connectivity index (χ0n) is 19.8. The molecule has 3 aromatic rings. The van der Waals surface area contributed by atoms with Crippen LogP contribution in [-0.4, -0.2) is 34.7 Å². The molecule has 0 radical (unpaired) electrons. The van der Waals surface area contributed by atoms with Crippen LogP contribution < -0.4 is 10.6 Å². The van der Waals surface area contributed by atoms with E-state index in [-0.39, 0.29) is 23.2 Å². The summed E-state index contributed by atoms with van der Waals surface area (Å²) >= 11 is 0. The van der Waals surface area contributed by atoms with Crippen molar-refractivity contribution in [2.24, 2.45) is 0 Å². The molecule has 0 spiro atoms. The minimum absolute atomic E-state index is 0.0907. The molecule has 176 valence electrons. The zero-order valence-corrected chi connectivity index (χ0v) is 19.8. The van der Waals surface area contributed by atoms with Gasteiger partial charge >= 0.3 is 5.97 Å². The predicted octanol–water partition coefficient (Wildman–Crippen LogP) is 4.36. The van der Waals surface area contributed by atoms with Crippen LogP contribution in [0.5, 0.6) is 0 Å². The molecule has 1 aromatic heterocycles. The molecule has 3 rings (SSSR count). The standard InChI is InChI=1S/C26H27N3O5/c1-15-6-8-23(9-7-15)29-16(2)10-24(17(29)3)25(32)14-34-26(33)20-11-21(27-18(4)30)13-22(12-20)28-19(5)31/h6-13H,14H2,1-5H3,(H,27,30)(H,28,31). The molecule has 0 unspecified atom stereocenters. The van der Waals surface area contributed by atoms with Crippen LogP contribution in [0.2, 0.25) is 0 Å². The normalized spacial score (nSPS) is 10.5. The highest BCUT2D eigenvalue weighted by molar-refractivity contribution is 6.02. The Bertz CT molecular complexity index is 1240. The van der Waals surface area contributed by atoms with Crippen LogP contribution >= 0.6 is 0 Å². The maximum Gasteiger partial charge on any atom is 0.338 e. The molecule has 2 N–H and O–H groups in total. The van der Waals surface area contributed by atoms with Crippen molar-refractivity contribution >= 4 is 34.9 Å². The lowest BCUT2D eigenvalue weighted by atomic mass is 10.1. The molecule has 2 amide bonds. The Hall–Kier alpha value is -4.20. The summed E-state index contributed by atoms with van der Waals surface area (Å²) in [7, 11) is 0. The number of Topliss-reactive ketones (excluding diaryl/α,β-unsaturated/α-hetero) is 1. The fraction of sp³-hybridized carbons (Fsp3) is 0.231. The summed E-state index contributed by atoms with van der Waals surface area (Å²) in [5.41, 5.74) is 4.92. The summed E-state index contributed by atoms with van der Waals surface area (Å²) in [4.78, 5) is 48.4. The summed E-state index contributed by atoms with van der Waals surface area (Å²) in [5.74, 6) is -1.75. The van der Waals surface area contributed by atoms with Crippen LogP contribution in [0.3, 0.4) is 0 Å². The van der Waals surface area contributed by atoms with E-state index >= 15 is 0 Å². The van der Waals surface area contributed by atoms with Crippen molar-refractivity contribution < 1.29 is 23.9 Å². The number of aryl methyl sites for hydroxylation is 2. The Morgan fingerprint density at radius 2 is 1.38 bits per heavy atom. The average molecular weight is 462 g/mol. The van der Waals surface area contributed by atoms with E-state index in [0.717, 1.165) is 22.6 Å². The Balaban J connectivity index is 1.78. The van der Waals surface area contributed by atoms with Crippen LogP contribution in [0.4, 0.5) is 11.4 Å². The summed E-state index contributed by atoms with van der Waals surface area (Å²) in [6.07, 6.45) is 0. The van der Waals surface area contributed by atoms with Gasteiger partial charge in [0.1, 0.15) is 0 Å². The number of amides is 2. The van der Waals surface area contributed by atoms with Gasteiger partial charge < -0.3 is 19.9 Å². The molecule has 0 aliphatic rings. The molecule has 0 fully saturated rings. The van der Waals surface area contributed by atoms with Gasteiger partial charge in [-0.1, -0.05) is 17.7 Å². The quantitative estimate of drug-likeness (QED) is 0.402. The van der Waals surface area contributed by atoms with E-state index in [2.05, 4.69) is 10.6 Å². The van der Waals surface area contributed by atoms with E-state index in [0.29, 0.717) is 16.9 Å². The number of ketones is 1. The molecular weight excluding hydrogens is 434 g/mol. The Labute approximate surface area is 197 Å². The van der Waals surface area contributed by atoms with Gasteiger partial charge in [-0.2, -0.15) is 0 Å². The van der Waals surface area contributed by atoms with Gasteiger partial charge in [0.2, 0.25) is 17.6 Å². The van der Waals surface area contributed by atoms with E-state index in [1.54, 1.807) is 6.07 Å². The number of aromatic nitrogens is 1. The van der Waals surface area contributed by atoms with E-state index in [1.807, 2.05) is 49.6 Å². The molecule has 34 heavy (non-hydrogen) atoms. The van der Waals surface area contributed by atoms with Crippen molar-refractivity contribution in [2.75, 3.05) is 17.2 Å². The van der Waals surface area contributed by atoms with Gasteiger partial charge in [0.25, 0.3) is 0 Å². The lowest BCUT2D eigenvalue weighted by Crippen LogP contribution is -2.16. The number of hydrogen-bond donors (Lipinski definition) is 2. The van der Waals surface area contributed by atoms with Crippen molar-refractivity contribution in [3.63, 3.8) is 0 Å². The van der Waals surface area contributed by atoms with E-state index in [4.69, 9.17) is 4.74 Å². The third-order valence-corrected chi connectivity index (χ3v) is 5.17. The largest absolute Gasteiger partial charge is 0.454 e. The summed E-state index contributed by atoms with van der Waals surface area (Å²) in [5, 5.41) is 5.14. The highest BCUT2D eigenvalue weighted by Gasteiger charge is 2.19. The Morgan fingerprint density at radius 3 is 1.91 bits per heavy atom. The van der Waals surface area contributed by atoms with E-state index < -0.39 is 12.6 Å². The first kappa shape index (κ1) is 24.4. The fourth-order valence-corrected chi connectivity index (χ4v) is 3.72. The molecule has 0 saturated carbocycles. The number of ether oxygens (including phenoxy) is 1. The van der Waals surface area contributed by atoms with E-state index in [9.17, 15) is 19.2 Å². The maximum atomic E-state index is 12.9. The molecule has 1 heterocycles. The van der Waals surface area contributed by atoms with Crippen LogP contribution in [0.1, 0.15) is 51.5 Å². The van der Waals surface area contributed by atoms with Crippen LogP contribution in [0, 0.1) is 20.8 Å². The molecule has 8 heteroatoms. The Morgan fingerprint density at radius 1 is 0.824 bits per heavy atom. The van der Waals surface area contributed by atoms with Crippen molar-refractivity contribution in [3.8, 4) is 5.69 Å². The number of esters is 1. The molecule has 8 nitrogen and oxygen atoms in total. The van der Waals surface area contributed by atoms with Gasteiger partial charge in [-0.3, -0.25) is 14.4 Å². The smallest absolute Gasteiger partial charge is 0.338 e. The molecule has 0 bridgehead atoms. The van der Waals surface area contributed by atoms with Gasteiger partial charge in [0.05, 0.1) is 5.56 Å². The lowest BCUT2D eigenvalue weighted by Gasteiger charge is -2.11. The molecule has 0 aliphatic heterocycles. The molecule has 0 atom stereocenters. The van der Waals surface area contributed by atoms with Crippen molar-refractivity contribution in [2.45, 2.75) is 34.6 Å².